The van der Waals surface area contributed by atoms with Gasteiger partial charge in [0.2, 0.25) is 0 Å². The lowest BCUT2D eigenvalue weighted by atomic mass is 9.85. The molecule has 3 atom stereocenters. The van der Waals surface area contributed by atoms with E-state index in [1.807, 2.05) is 34.4 Å². The van der Waals surface area contributed by atoms with Crippen molar-refractivity contribution in [2.75, 3.05) is 4.90 Å². The van der Waals surface area contributed by atoms with Gasteiger partial charge in [0, 0.05) is 73.5 Å². The number of anilines is 2. The fourth-order valence-corrected chi connectivity index (χ4v) is 13.0. The number of thiophene rings is 2. The topological polar surface area (TPSA) is 3.24 Å². The molecule has 1 nitrogen and oxygen atoms in total. The fraction of sp³-hybridized carbons (Fsp3) is 0.0909. The summed E-state index contributed by atoms with van der Waals surface area (Å²) >= 11 is 5.74. The first kappa shape index (κ1) is 35.1. The third-order valence-corrected chi connectivity index (χ3v) is 16.2. The highest BCUT2D eigenvalue weighted by atomic mass is 32.2. The van der Waals surface area contributed by atoms with E-state index in [9.17, 15) is 0 Å². The molecule has 3 heterocycles. The Balaban J connectivity index is 0.915. The van der Waals surface area contributed by atoms with E-state index < -0.39 is 0 Å². The molecular formula is C55H39NS3. The van der Waals surface area contributed by atoms with Crippen LogP contribution in [0.5, 0.6) is 0 Å². The molecule has 0 fully saturated rings. The van der Waals surface area contributed by atoms with E-state index in [-0.39, 0.29) is 0 Å². The van der Waals surface area contributed by atoms with Gasteiger partial charge in [0.15, 0.2) is 0 Å². The Labute approximate surface area is 357 Å². The van der Waals surface area contributed by atoms with Crippen molar-refractivity contribution in [3.05, 3.63) is 205 Å². The van der Waals surface area contributed by atoms with Crippen LogP contribution < -0.4 is 4.90 Å². The summed E-state index contributed by atoms with van der Waals surface area (Å²) in [4.78, 5) is 3.88. The van der Waals surface area contributed by atoms with Crippen molar-refractivity contribution in [1.82, 2.24) is 0 Å². The number of hydrogen-bond donors (Lipinski definition) is 0. The normalized spacial score (nSPS) is 18.4. The Kier molecular flexibility index (Phi) is 8.40. The molecule has 0 amide bonds. The predicted molar refractivity (Wildman–Crippen MR) is 259 cm³/mol. The largest absolute Gasteiger partial charge is 0.314 e. The first-order chi connectivity index (χ1) is 29.1. The van der Waals surface area contributed by atoms with Crippen molar-refractivity contribution in [2.45, 2.75) is 29.4 Å². The molecule has 3 unspecified atom stereocenters. The van der Waals surface area contributed by atoms with Gasteiger partial charge in [-0.05, 0) is 130 Å². The summed E-state index contributed by atoms with van der Waals surface area (Å²) in [5, 5.41) is 5.87. The molecule has 0 spiro atoms. The van der Waals surface area contributed by atoms with Crippen molar-refractivity contribution < 1.29 is 0 Å². The van der Waals surface area contributed by atoms with Gasteiger partial charge in [-0.1, -0.05) is 116 Å². The number of thioether (sulfide) groups is 1. The molecule has 0 N–H and O–H groups in total. The number of fused-ring (bicyclic) bond motifs is 9. The Bertz CT molecular complexity index is 3250. The fourth-order valence-electron chi connectivity index (χ4n) is 9.51. The van der Waals surface area contributed by atoms with Gasteiger partial charge in [0.25, 0.3) is 0 Å². The molecule has 0 saturated heterocycles. The Morgan fingerprint density at radius 2 is 1.03 bits per heavy atom. The van der Waals surface area contributed by atoms with Crippen LogP contribution in [0.1, 0.15) is 30.4 Å². The van der Waals surface area contributed by atoms with Crippen LogP contribution in [0.3, 0.4) is 0 Å². The quantitative estimate of drug-likeness (QED) is 0.165. The maximum absolute atomic E-state index is 2.48. The SMILES string of the molecule is CC1CC(N(c2ccc(-c3ccc4c(c3)C3C=CC=CC3S4)cc2)c2ccc(-c3ccc4sc5ccccc5c4c3)cc2)=CC=C1c1ccc2sc3ccccc3c2c1. The predicted octanol–water partition coefficient (Wildman–Crippen LogP) is 16.6. The second kappa shape index (κ2) is 14.1. The number of rotatable bonds is 6. The summed E-state index contributed by atoms with van der Waals surface area (Å²) in [5.41, 5.74) is 12.8. The molecule has 282 valence electrons. The van der Waals surface area contributed by atoms with Crippen LogP contribution in [-0.2, 0) is 0 Å². The third kappa shape index (κ3) is 6.04. The number of allylic oxidation sites excluding steroid dienone is 7. The van der Waals surface area contributed by atoms with Crippen LogP contribution in [-0.4, -0.2) is 5.25 Å². The van der Waals surface area contributed by atoms with Crippen molar-refractivity contribution >= 4 is 91.7 Å². The first-order valence-corrected chi connectivity index (χ1v) is 23.0. The summed E-state index contributed by atoms with van der Waals surface area (Å²) in [7, 11) is 0. The number of nitrogens with zero attached hydrogens (tertiary/aromatic N) is 1. The van der Waals surface area contributed by atoms with E-state index in [4.69, 9.17) is 0 Å². The van der Waals surface area contributed by atoms with Crippen LogP contribution in [0.25, 0.3) is 68.2 Å². The van der Waals surface area contributed by atoms with Gasteiger partial charge >= 0.3 is 0 Å². The number of hydrogen-bond acceptors (Lipinski definition) is 4. The third-order valence-electron chi connectivity index (χ3n) is 12.5. The van der Waals surface area contributed by atoms with Crippen LogP contribution in [0, 0.1) is 5.92 Å². The van der Waals surface area contributed by atoms with E-state index in [1.165, 1.54) is 101 Å². The summed E-state index contributed by atoms with van der Waals surface area (Å²) in [5.74, 6) is 0.802. The smallest absolute Gasteiger partial charge is 0.0458 e. The van der Waals surface area contributed by atoms with E-state index >= 15 is 0 Å². The van der Waals surface area contributed by atoms with Crippen LogP contribution >= 0.6 is 34.4 Å². The minimum Gasteiger partial charge on any atom is -0.314 e. The highest BCUT2D eigenvalue weighted by molar-refractivity contribution is 8.00. The van der Waals surface area contributed by atoms with E-state index in [0.717, 1.165) is 6.42 Å². The maximum atomic E-state index is 2.48. The molecule has 0 radical (unpaired) electrons. The van der Waals surface area contributed by atoms with Gasteiger partial charge < -0.3 is 4.90 Å². The van der Waals surface area contributed by atoms with E-state index in [2.05, 4.69) is 200 Å². The Hall–Kier alpha value is -5.91. The second-order valence-corrected chi connectivity index (χ2v) is 19.5. The minimum atomic E-state index is 0.349. The van der Waals surface area contributed by atoms with Gasteiger partial charge in [-0.15, -0.1) is 34.4 Å². The Morgan fingerprint density at radius 3 is 1.69 bits per heavy atom. The van der Waals surface area contributed by atoms with Crippen LogP contribution in [0.2, 0.25) is 0 Å². The summed E-state index contributed by atoms with van der Waals surface area (Å²) in [6.45, 7) is 2.39. The molecule has 9 aromatic rings. The maximum Gasteiger partial charge on any atom is 0.0458 e. The summed E-state index contributed by atoms with van der Waals surface area (Å²) in [6, 6.07) is 57.0. The van der Waals surface area contributed by atoms with Gasteiger partial charge in [0.1, 0.15) is 0 Å². The highest BCUT2D eigenvalue weighted by Crippen LogP contribution is 2.49. The summed E-state index contributed by atoms with van der Waals surface area (Å²) in [6.07, 6.45) is 14.8. The second-order valence-electron chi connectivity index (χ2n) is 16.1. The lowest BCUT2D eigenvalue weighted by Gasteiger charge is -2.32. The van der Waals surface area contributed by atoms with Crippen molar-refractivity contribution in [3.8, 4) is 22.3 Å². The zero-order valence-electron chi connectivity index (χ0n) is 32.5. The standard InChI is InChI=1S/C55H39NS3/c1-34-30-42(25-26-43(34)39-20-29-55-49(33-39)46-10-4-7-13-52(46)59-55)56(40-21-14-35(15-22-40)37-18-27-53-47(31-37)44-8-2-5-11-50(44)57-53)41-23-16-36(17-24-41)38-19-28-54-48(32-38)45-9-3-6-12-51(45)58-54/h2-29,31-34,44,50H,30H2,1H3. The molecule has 1 aliphatic heterocycles. The highest BCUT2D eigenvalue weighted by Gasteiger charge is 2.31. The summed E-state index contributed by atoms with van der Waals surface area (Å²) < 4.78 is 5.37. The zero-order valence-corrected chi connectivity index (χ0v) is 35.0. The molecule has 4 heteroatoms. The van der Waals surface area contributed by atoms with Crippen molar-refractivity contribution in [1.29, 1.82) is 0 Å². The number of benzene rings is 7. The lowest BCUT2D eigenvalue weighted by molar-refractivity contribution is 0.715. The van der Waals surface area contributed by atoms with Gasteiger partial charge in [-0.2, -0.15) is 0 Å². The monoisotopic (exact) mass is 809 g/mol. The molecular weight excluding hydrogens is 771 g/mol. The van der Waals surface area contributed by atoms with Crippen molar-refractivity contribution in [3.63, 3.8) is 0 Å². The molecule has 59 heavy (non-hydrogen) atoms. The Morgan fingerprint density at radius 1 is 0.492 bits per heavy atom. The first-order valence-electron chi connectivity index (χ1n) is 20.5. The lowest BCUT2D eigenvalue weighted by Crippen LogP contribution is -2.20. The molecule has 2 aromatic heterocycles. The van der Waals surface area contributed by atoms with Gasteiger partial charge in [-0.25, -0.2) is 0 Å². The average Bonchev–Trinajstić information content (AvgIpc) is 3.97. The van der Waals surface area contributed by atoms with E-state index in [0.29, 0.717) is 17.1 Å². The zero-order chi connectivity index (χ0) is 39.0. The van der Waals surface area contributed by atoms with Crippen molar-refractivity contribution in [2.24, 2.45) is 5.92 Å². The minimum absolute atomic E-state index is 0.349. The van der Waals surface area contributed by atoms with Gasteiger partial charge in [0.05, 0.1) is 0 Å². The van der Waals surface area contributed by atoms with E-state index in [1.54, 1.807) is 0 Å². The molecule has 0 bridgehead atoms. The molecule has 2 aliphatic carbocycles. The molecule has 7 aromatic carbocycles. The molecule has 12 rings (SSSR count). The van der Waals surface area contributed by atoms with Gasteiger partial charge in [-0.3, -0.25) is 0 Å². The van der Waals surface area contributed by atoms with Crippen LogP contribution in [0.4, 0.5) is 11.4 Å². The molecule has 0 saturated carbocycles. The molecule has 3 aliphatic rings. The van der Waals surface area contributed by atoms with Crippen LogP contribution in [0.15, 0.2) is 199 Å². The average molecular weight is 810 g/mol.